The Morgan fingerprint density at radius 1 is 0.548 bits per heavy atom. The van der Waals surface area contributed by atoms with Crippen molar-refractivity contribution in [1.29, 1.82) is 0 Å². The van der Waals surface area contributed by atoms with Crippen molar-refractivity contribution in [2.45, 2.75) is 6.42 Å². The first-order chi connectivity index (χ1) is 20.8. The van der Waals surface area contributed by atoms with E-state index in [4.69, 9.17) is 9.41 Å². The maximum absolute atomic E-state index is 6.72. The van der Waals surface area contributed by atoms with Crippen LogP contribution >= 0.6 is 0 Å². The third kappa shape index (κ3) is 4.25. The van der Waals surface area contributed by atoms with E-state index in [2.05, 4.69) is 140 Å². The molecule has 2 heteroatoms. The molecule has 0 spiro atoms. The quantitative estimate of drug-likeness (QED) is 0.219. The van der Waals surface area contributed by atoms with Crippen molar-refractivity contribution >= 4 is 49.7 Å². The summed E-state index contributed by atoms with van der Waals surface area (Å²) in [5, 5.41) is 4.57. The summed E-state index contributed by atoms with van der Waals surface area (Å²) in [4.78, 5) is 5.35. The second-order valence-corrected chi connectivity index (χ2v) is 10.7. The van der Waals surface area contributed by atoms with Gasteiger partial charge in [-0.25, -0.2) is 4.99 Å². The van der Waals surface area contributed by atoms with Gasteiger partial charge in [0.25, 0.3) is 0 Å². The van der Waals surface area contributed by atoms with Gasteiger partial charge in [-0.3, -0.25) is 0 Å². The van der Waals surface area contributed by atoms with E-state index in [0.29, 0.717) is 0 Å². The zero-order chi connectivity index (χ0) is 27.9. The van der Waals surface area contributed by atoms with Crippen LogP contribution < -0.4 is 0 Å². The van der Waals surface area contributed by atoms with E-state index < -0.39 is 0 Å². The molecule has 2 heterocycles. The number of allylic oxidation sites excluding steroid dienone is 3. The molecule has 8 rings (SSSR count). The Hall–Kier alpha value is -5.47. The summed E-state index contributed by atoms with van der Waals surface area (Å²) in [7, 11) is 0. The van der Waals surface area contributed by atoms with Crippen molar-refractivity contribution < 1.29 is 4.42 Å². The molecule has 0 atom stereocenters. The number of benzene rings is 6. The maximum Gasteiger partial charge on any atom is 0.143 e. The van der Waals surface area contributed by atoms with Gasteiger partial charge < -0.3 is 4.42 Å². The summed E-state index contributed by atoms with van der Waals surface area (Å²) in [5.41, 5.74) is 10.5. The van der Waals surface area contributed by atoms with Crippen LogP contribution in [-0.2, 0) is 0 Å². The molecule has 198 valence electrons. The monoisotopic (exact) mass is 537 g/mol. The molecule has 1 aliphatic heterocycles. The normalized spacial score (nSPS) is 13.6. The van der Waals surface area contributed by atoms with E-state index >= 15 is 0 Å². The minimum Gasteiger partial charge on any atom is -0.455 e. The van der Waals surface area contributed by atoms with E-state index in [1.165, 1.54) is 21.9 Å². The van der Waals surface area contributed by atoms with Crippen molar-refractivity contribution in [3.05, 3.63) is 168 Å². The third-order valence-corrected chi connectivity index (χ3v) is 8.13. The molecule has 42 heavy (non-hydrogen) atoms. The van der Waals surface area contributed by atoms with Gasteiger partial charge in [0.2, 0.25) is 0 Å². The number of furan rings is 1. The molecule has 0 aliphatic carbocycles. The van der Waals surface area contributed by atoms with Gasteiger partial charge in [-0.1, -0.05) is 127 Å². The van der Waals surface area contributed by atoms with Crippen LogP contribution in [0.3, 0.4) is 0 Å². The van der Waals surface area contributed by atoms with Gasteiger partial charge in [-0.15, -0.1) is 0 Å². The summed E-state index contributed by atoms with van der Waals surface area (Å²) in [5.74, 6) is 0. The number of hydrogen-bond donors (Lipinski definition) is 0. The fourth-order valence-electron chi connectivity index (χ4n) is 6.04. The summed E-state index contributed by atoms with van der Waals surface area (Å²) >= 11 is 0. The average Bonchev–Trinajstić information content (AvgIpc) is 3.27. The van der Waals surface area contributed by atoms with Crippen LogP contribution in [0.5, 0.6) is 0 Å². The van der Waals surface area contributed by atoms with Crippen molar-refractivity contribution in [2.75, 3.05) is 0 Å². The minimum absolute atomic E-state index is 0.778. The highest BCUT2D eigenvalue weighted by atomic mass is 16.3. The Morgan fingerprint density at radius 2 is 1.14 bits per heavy atom. The van der Waals surface area contributed by atoms with Crippen molar-refractivity contribution in [2.24, 2.45) is 4.99 Å². The number of aliphatic imine (C=N–C) groups is 1. The Kier molecular flexibility index (Phi) is 5.89. The first kappa shape index (κ1) is 24.3. The van der Waals surface area contributed by atoms with Crippen LogP contribution in [0, 0.1) is 0 Å². The first-order valence-electron chi connectivity index (χ1n) is 14.4. The van der Waals surface area contributed by atoms with Gasteiger partial charge in [0.1, 0.15) is 11.2 Å². The second-order valence-electron chi connectivity index (χ2n) is 10.7. The van der Waals surface area contributed by atoms with E-state index in [1.807, 2.05) is 12.1 Å². The van der Waals surface area contributed by atoms with Crippen LogP contribution in [0.1, 0.15) is 23.1 Å². The highest BCUT2D eigenvalue weighted by molar-refractivity contribution is 6.19. The van der Waals surface area contributed by atoms with Gasteiger partial charge in [-0.2, -0.15) is 0 Å². The highest BCUT2D eigenvalue weighted by Crippen LogP contribution is 2.42. The van der Waals surface area contributed by atoms with E-state index in [9.17, 15) is 0 Å². The summed E-state index contributed by atoms with van der Waals surface area (Å²) < 4.78 is 6.72. The lowest BCUT2D eigenvalue weighted by molar-refractivity contribution is 0.670. The molecule has 0 saturated heterocycles. The number of nitrogens with zero attached hydrogens (tertiary/aromatic N) is 1. The lowest BCUT2D eigenvalue weighted by Gasteiger charge is -2.10. The maximum atomic E-state index is 6.72. The van der Waals surface area contributed by atoms with Crippen molar-refractivity contribution in [3.8, 4) is 11.1 Å². The largest absolute Gasteiger partial charge is 0.455 e. The zero-order valence-electron chi connectivity index (χ0n) is 23.0. The molecular weight excluding hydrogens is 510 g/mol. The topological polar surface area (TPSA) is 25.5 Å². The zero-order valence-corrected chi connectivity index (χ0v) is 23.0. The van der Waals surface area contributed by atoms with E-state index in [-0.39, 0.29) is 0 Å². The SMILES string of the molecule is C1=C(c2ccccc2)CC=C(c2ccc(-c3ccccc3)c3oc4cc5ccccc5cc4c23)N=C1c1ccccc1. The Bertz CT molecular complexity index is 2180. The molecular formula is C40H27NO. The molecule has 0 saturated carbocycles. The Balaban J connectivity index is 1.40. The molecule has 2 nitrogen and oxygen atoms in total. The standard InChI is InChI=1S/C40H27NO/c1-4-12-27(13-5-1)32-20-23-36(41-37(25-32)29-16-8-3-9-17-29)34-22-21-33(28-14-6-2-7-15-28)40-39(34)35-24-30-18-10-11-19-31(30)26-38(35)42-40/h1-19,21-26H,20H2. The average molecular weight is 538 g/mol. The fraction of sp³-hybridized carbons (Fsp3) is 0.0250. The van der Waals surface area contributed by atoms with Crippen molar-refractivity contribution in [1.82, 2.24) is 0 Å². The molecule has 0 unspecified atom stereocenters. The molecule has 0 radical (unpaired) electrons. The van der Waals surface area contributed by atoms with Crippen LogP contribution in [0.25, 0.3) is 55.1 Å². The highest BCUT2D eigenvalue weighted by Gasteiger charge is 2.20. The molecule has 7 aromatic rings. The molecule has 0 amide bonds. The van der Waals surface area contributed by atoms with Crippen LogP contribution in [0.15, 0.2) is 161 Å². The smallest absolute Gasteiger partial charge is 0.143 e. The predicted octanol–water partition coefficient (Wildman–Crippen LogP) is 10.7. The lowest BCUT2D eigenvalue weighted by Crippen LogP contribution is -1.98. The predicted molar refractivity (Wildman–Crippen MR) is 177 cm³/mol. The lowest BCUT2D eigenvalue weighted by atomic mass is 9.95. The number of rotatable bonds is 4. The number of hydrogen-bond acceptors (Lipinski definition) is 2. The van der Waals surface area contributed by atoms with Crippen LogP contribution in [0.2, 0.25) is 0 Å². The Labute approximate surface area is 244 Å². The molecule has 6 aromatic carbocycles. The fourth-order valence-corrected chi connectivity index (χ4v) is 6.04. The summed E-state index contributed by atoms with van der Waals surface area (Å²) in [6.45, 7) is 0. The van der Waals surface area contributed by atoms with Gasteiger partial charge in [0.15, 0.2) is 0 Å². The molecule has 0 fully saturated rings. The minimum atomic E-state index is 0.778. The molecule has 0 bridgehead atoms. The molecule has 1 aliphatic rings. The van der Waals surface area contributed by atoms with Crippen LogP contribution in [-0.4, -0.2) is 5.71 Å². The summed E-state index contributed by atoms with van der Waals surface area (Å²) in [6.07, 6.45) is 5.29. The van der Waals surface area contributed by atoms with Gasteiger partial charge in [0.05, 0.1) is 11.4 Å². The first-order valence-corrected chi connectivity index (χ1v) is 14.4. The van der Waals surface area contributed by atoms with Gasteiger partial charge in [-0.05, 0) is 58.2 Å². The number of fused-ring (bicyclic) bond motifs is 4. The van der Waals surface area contributed by atoms with Crippen molar-refractivity contribution in [3.63, 3.8) is 0 Å². The van der Waals surface area contributed by atoms with Gasteiger partial charge in [0, 0.05) is 27.5 Å². The second kappa shape index (κ2) is 10.2. The molecule has 0 N–H and O–H groups in total. The van der Waals surface area contributed by atoms with E-state index in [1.54, 1.807) is 0 Å². The molecule has 1 aromatic heterocycles. The van der Waals surface area contributed by atoms with Gasteiger partial charge >= 0.3 is 0 Å². The van der Waals surface area contributed by atoms with E-state index in [0.717, 1.165) is 62.0 Å². The summed E-state index contributed by atoms with van der Waals surface area (Å²) in [6, 6.07) is 48.9. The third-order valence-electron chi connectivity index (χ3n) is 8.13. The Morgan fingerprint density at radius 3 is 1.86 bits per heavy atom. The van der Waals surface area contributed by atoms with Crippen LogP contribution in [0.4, 0.5) is 0 Å².